The zero-order valence-electron chi connectivity index (χ0n) is 65.9. The van der Waals surface area contributed by atoms with Gasteiger partial charge in [0.05, 0.1) is 37.9 Å². The van der Waals surface area contributed by atoms with E-state index < -0.39 is 69.1 Å². The first-order valence-electron chi connectivity index (χ1n) is 41.2. The van der Waals surface area contributed by atoms with Crippen molar-refractivity contribution in [3.63, 3.8) is 0 Å². The van der Waals surface area contributed by atoms with Gasteiger partial charge < -0.3 is 44.2 Å². The number of hydrogen-bond acceptors (Lipinski definition) is 13. The van der Waals surface area contributed by atoms with Crippen molar-refractivity contribution in [3.05, 3.63) is 74.3 Å². The second kappa shape index (κ2) is 66.6. The summed E-state index contributed by atoms with van der Waals surface area (Å²) in [7, 11) is -4.11. The second-order valence-corrected chi connectivity index (χ2v) is 30.1. The van der Waals surface area contributed by atoms with Crippen molar-refractivity contribution in [1.82, 2.24) is 10.6 Å². The normalized spacial score (nSPS) is 21.8. The molecule has 0 aliphatic carbocycles. The molecule has 2 heterocycles. The molecule has 3 N–H and O–H groups in total. The van der Waals surface area contributed by atoms with Crippen LogP contribution >= 0.6 is 7.82 Å². The molecule has 2 aliphatic heterocycles. The van der Waals surface area contributed by atoms with Gasteiger partial charge >= 0.3 is 7.82 Å². The number of phosphoric acid groups is 1. The quantitative estimate of drug-likeness (QED) is 0.0227. The number of rotatable bonds is 66. The minimum Gasteiger partial charge on any atom is -0.471 e. The SMILES string of the molecule is C/C=C\OC1OC(CC)C(O)C(OCC[C@H](C)CCCCCCC)C1NC(=O)CCCCCCCCC/C=C\CCCCCC.C=CCOP(=O)(OCC=C)OC1C(CC)OC(O/C=C\C)C(NC(=O)CCCCCCCCC/C=C\CCCCCC)C1OCC[C@H](C)CCCCCCC. The standard InChI is InChI=1S/C45H82NO8P.C39H73NO5/c1-8-14-16-18-19-20-21-22-23-24-25-26-27-29-31-33-41(47)46-42-44(49-38-34-39(7)32-30-28-17-15-9-2)43(40(13-6)53-45(42)50-35-10-3)54-55(48,51-36-11-4)52-37-12-5;1-6-10-12-14-15-16-17-18-19-20-21-22-23-25-27-29-35(41)40-36-38(37(42)34(9-4)45-39(36)44-31-8-3)43-32-30-33(5)28-26-24-13-11-7-2/h10-12,20-21,35,39-40,42-45H,4-5,8-9,13-19,22-34,36-38H2,1-3,6-7H3,(H,46,47);8,16-17,31,33-34,36-39,42H,6-7,9-15,18-30,32H2,1-5H3,(H,40,41)/b21-20-,35-10-;17-16-,31-8-/t39-,40?,42?,43?,44?,45?;33-,34?,36?,37?,38?,39?/m11/s1. The van der Waals surface area contributed by atoms with Crippen LogP contribution in [-0.4, -0.2) is 105 Å². The van der Waals surface area contributed by atoms with Gasteiger partial charge in [-0.2, -0.15) is 0 Å². The number of aliphatic hydroxyl groups is 1. The number of nitrogens with one attached hydrogen (secondary N) is 2. The highest BCUT2D eigenvalue weighted by Crippen LogP contribution is 2.53. The van der Waals surface area contributed by atoms with Gasteiger partial charge in [0.15, 0.2) is 0 Å². The Morgan fingerprint density at radius 1 is 0.460 bits per heavy atom. The van der Waals surface area contributed by atoms with Crippen LogP contribution in [0, 0.1) is 11.8 Å². The summed E-state index contributed by atoms with van der Waals surface area (Å²) in [5.74, 6) is 0.887. The molecule has 16 heteroatoms. The summed E-state index contributed by atoms with van der Waals surface area (Å²) in [6.07, 6.45) is 63.8. The van der Waals surface area contributed by atoms with E-state index in [1.54, 1.807) is 24.7 Å². The Balaban J connectivity index is 0.00000102. The number of unbranched alkanes of at least 4 members (excludes halogenated alkanes) is 30. The molecule has 100 heavy (non-hydrogen) atoms. The molecule has 10 unspecified atom stereocenters. The van der Waals surface area contributed by atoms with Gasteiger partial charge in [-0.1, -0.05) is 284 Å². The van der Waals surface area contributed by atoms with Crippen molar-refractivity contribution < 1.29 is 61.3 Å². The van der Waals surface area contributed by atoms with Crippen LogP contribution in [-0.2, 0) is 56.1 Å². The fourth-order valence-corrected chi connectivity index (χ4v) is 14.2. The van der Waals surface area contributed by atoms with Crippen LogP contribution in [0.2, 0.25) is 0 Å². The number of allylic oxidation sites excluding steroid dienone is 6. The highest BCUT2D eigenvalue weighted by atomic mass is 31.2. The smallest absolute Gasteiger partial charge is 0.471 e. The van der Waals surface area contributed by atoms with Crippen LogP contribution in [0.4, 0.5) is 0 Å². The number of amides is 2. The third-order valence-electron chi connectivity index (χ3n) is 19.2. The fraction of sp³-hybridized carbons (Fsp3) is 0.833. The second-order valence-electron chi connectivity index (χ2n) is 28.5. The number of phosphoric ester groups is 1. The lowest BCUT2D eigenvalue weighted by molar-refractivity contribution is -0.258. The van der Waals surface area contributed by atoms with E-state index in [1.807, 2.05) is 27.7 Å². The van der Waals surface area contributed by atoms with Gasteiger partial charge in [-0.3, -0.25) is 23.2 Å². The van der Waals surface area contributed by atoms with Crippen LogP contribution in [0.15, 0.2) is 74.3 Å². The first-order valence-corrected chi connectivity index (χ1v) is 42.7. The van der Waals surface area contributed by atoms with Crippen molar-refractivity contribution in [3.8, 4) is 0 Å². The van der Waals surface area contributed by atoms with Crippen LogP contribution in [0.25, 0.3) is 0 Å². The summed E-state index contributed by atoms with van der Waals surface area (Å²) >= 11 is 0. The Labute approximate surface area is 614 Å². The molecule has 0 radical (unpaired) electrons. The number of carbonyl (C=O) groups is 2. The Kier molecular flexibility index (Phi) is 63.2. The molecule has 2 rings (SSSR count). The number of aliphatic hydroxyl groups excluding tert-OH is 1. The Morgan fingerprint density at radius 3 is 1.18 bits per heavy atom. The maximum atomic E-state index is 13.9. The molecule has 0 aromatic rings. The van der Waals surface area contributed by atoms with E-state index in [0.717, 1.165) is 51.4 Å². The molecule has 0 aromatic heterocycles. The molecule has 0 aromatic carbocycles. The van der Waals surface area contributed by atoms with Crippen LogP contribution in [0.3, 0.4) is 0 Å². The van der Waals surface area contributed by atoms with Gasteiger partial charge in [0.25, 0.3) is 0 Å². The predicted molar refractivity (Wildman–Crippen MR) is 417 cm³/mol. The highest BCUT2D eigenvalue weighted by Gasteiger charge is 2.52. The lowest BCUT2D eigenvalue weighted by Crippen LogP contribution is -2.65. The summed E-state index contributed by atoms with van der Waals surface area (Å²) in [5, 5.41) is 17.5. The fourth-order valence-electron chi connectivity index (χ4n) is 12.9. The zero-order valence-corrected chi connectivity index (χ0v) is 66.7. The zero-order chi connectivity index (χ0) is 73.4. The molecule has 0 spiro atoms. The summed E-state index contributed by atoms with van der Waals surface area (Å²) in [6.45, 7) is 29.5. The minimum atomic E-state index is -4.11. The van der Waals surface area contributed by atoms with Gasteiger partial charge in [0.2, 0.25) is 24.4 Å². The van der Waals surface area contributed by atoms with E-state index in [4.69, 9.17) is 42.0 Å². The van der Waals surface area contributed by atoms with E-state index in [-0.39, 0.29) is 25.0 Å². The van der Waals surface area contributed by atoms with Crippen molar-refractivity contribution in [2.75, 3.05) is 26.4 Å². The molecule has 0 saturated carbocycles. The molecular formula is C84H155N2O13P. The maximum Gasteiger partial charge on any atom is 0.475 e. The maximum absolute atomic E-state index is 13.9. The van der Waals surface area contributed by atoms with Gasteiger partial charge in [0.1, 0.15) is 36.5 Å². The summed E-state index contributed by atoms with van der Waals surface area (Å²) in [5.41, 5.74) is 0. The minimum absolute atomic E-state index is 0.0321. The summed E-state index contributed by atoms with van der Waals surface area (Å²) < 4.78 is 68.8. The van der Waals surface area contributed by atoms with E-state index in [9.17, 15) is 19.3 Å². The number of ether oxygens (including phenoxy) is 6. The number of carbonyl (C=O) groups excluding carboxylic acids is 2. The van der Waals surface area contributed by atoms with Gasteiger partial charge in [-0.25, -0.2) is 4.57 Å². The molecule has 2 aliphatic rings. The third kappa shape index (κ3) is 48.1. The number of hydrogen-bond donors (Lipinski definition) is 3. The lowest BCUT2D eigenvalue weighted by Gasteiger charge is -2.46. The highest BCUT2D eigenvalue weighted by molar-refractivity contribution is 7.48. The molecule has 0 bridgehead atoms. The Morgan fingerprint density at radius 2 is 0.800 bits per heavy atom. The third-order valence-corrected chi connectivity index (χ3v) is 20.6. The molecule has 12 atom stereocenters. The van der Waals surface area contributed by atoms with Crippen molar-refractivity contribution in [2.24, 2.45) is 11.8 Å². The van der Waals surface area contributed by atoms with Gasteiger partial charge in [0, 0.05) is 26.1 Å². The first kappa shape index (κ1) is 94.9. The Bertz CT molecular complexity index is 2080. The van der Waals surface area contributed by atoms with Crippen molar-refractivity contribution >= 4 is 19.6 Å². The molecule has 2 amide bonds. The first-order chi connectivity index (χ1) is 48.8. The topological polar surface area (TPSA) is 179 Å². The molecule has 15 nitrogen and oxygen atoms in total. The molecular weight excluding hydrogens is 1280 g/mol. The van der Waals surface area contributed by atoms with Crippen LogP contribution in [0.5, 0.6) is 0 Å². The van der Waals surface area contributed by atoms with Crippen LogP contribution < -0.4 is 10.6 Å². The summed E-state index contributed by atoms with van der Waals surface area (Å²) in [4.78, 5) is 26.6. The van der Waals surface area contributed by atoms with Crippen molar-refractivity contribution in [1.29, 1.82) is 0 Å². The Hall–Kier alpha value is -3.11. The summed E-state index contributed by atoms with van der Waals surface area (Å²) in [6, 6.07) is -1.31. The van der Waals surface area contributed by atoms with Gasteiger partial charge in [-0.05, 0) is 116 Å². The van der Waals surface area contributed by atoms with E-state index >= 15 is 0 Å². The molecule has 584 valence electrons. The monoisotopic (exact) mass is 1430 g/mol. The van der Waals surface area contributed by atoms with E-state index in [0.29, 0.717) is 50.7 Å². The molecule has 2 fully saturated rings. The van der Waals surface area contributed by atoms with E-state index in [2.05, 4.69) is 89.6 Å². The van der Waals surface area contributed by atoms with E-state index in [1.165, 1.54) is 218 Å². The average molecular weight is 1430 g/mol. The average Bonchev–Trinajstić information content (AvgIpc) is 0.791. The van der Waals surface area contributed by atoms with Crippen molar-refractivity contribution in [2.45, 2.75) is 413 Å². The molecule has 2 saturated heterocycles. The van der Waals surface area contributed by atoms with Crippen LogP contribution in [0.1, 0.15) is 352 Å². The predicted octanol–water partition coefficient (Wildman–Crippen LogP) is 23.2. The largest absolute Gasteiger partial charge is 0.475 e. The lowest BCUT2D eigenvalue weighted by atomic mass is 9.94. The van der Waals surface area contributed by atoms with Gasteiger partial charge in [-0.15, -0.1) is 13.2 Å².